The first-order valence-corrected chi connectivity index (χ1v) is 7.72. The van der Waals surface area contributed by atoms with Crippen LogP contribution in [0.2, 0.25) is 0 Å². The Labute approximate surface area is 110 Å². The van der Waals surface area contributed by atoms with E-state index in [9.17, 15) is 13.2 Å². The lowest BCUT2D eigenvalue weighted by Crippen LogP contribution is -2.44. The Bertz CT molecular complexity index is 464. The minimum absolute atomic E-state index is 0.0782. The predicted molar refractivity (Wildman–Crippen MR) is 67.2 cm³/mol. The average molecular weight is 298 g/mol. The number of amides is 1. The number of sulfonamides is 1. The minimum Gasteiger partial charge on any atom is -0.411 e. The smallest absolute Gasteiger partial charge is 0.229 e. The lowest BCUT2D eigenvalue weighted by molar-refractivity contribution is -0.124. The Morgan fingerprint density at radius 2 is 2.28 bits per heavy atom. The number of rotatable bonds is 5. The van der Waals surface area contributed by atoms with Crippen LogP contribution >= 0.6 is 11.6 Å². The minimum atomic E-state index is -3.36. The van der Waals surface area contributed by atoms with E-state index in [0.29, 0.717) is 12.8 Å². The Hall–Kier alpha value is -0.860. The van der Waals surface area contributed by atoms with E-state index in [2.05, 4.69) is 9.88 Å². The van der Waals surface area contributed by atoms with Gasteiger partial charge in [-0.1, -0.05) is 5.16 Å². The topological polar surface area (TPSA) is 122 Å². The summed E-state index contributed by atoms with van der Waals surface area (Å²) in [6.45, 7) is 0. The number of halogens is 1. The van der Waals surface area contributed by atoms with Gasteiger partial charge < -0.3 is 10.9 Å². The van der Waals surface area contributed by atoms with Crippen molar-refractivity contribution in [2.75, 3.05) is 12.1 Å². The molecule has 7 nitrogen and oxygen atoms in total. The van der Waals surface area contributed by atoms with Crippen molar-refractivity contribution in [2.24, 2.45) is 16.3 Å². The number of carbonyl (C=O) groups is 1. The second-order valence-electron chi connectivity index (χ2n) is 4.46. The molecule has 2 unspecified atom stereocenters. The maximum absolute atomic E-state index is 11.6. The third-order valence-electron chi connectivity index (χ3n) is 3.17. The number of hydrogen-bond acceptors (Lipinski definition) is 5. The Balaban J connectivity index is 2.96. The SMILES string of the molecule is CS(=O)(=O)NC1CCC(C(N)=O)(/C(CCl)=N/O)C1. The highest BCUT2D eigenvalue weighted by atomic mass is 35.5. The molecule has 104 valence electrons. The fourth-order valence-electron chi connectivity index (χ4n) is 2.33. The van der Waals surface area contributed by atoms with Crippen molar-refractivity contribution >= 4 is 33.2 Å². The number of primary amides is 1. The zero-order valence-electron chi connectivity index (χ0n) is 9.89. The summed E-state index contributed by atoms with van der Waals surface area (Å²) in [6, 6.07) is -0.410. The normalized spacial score (nSPS) is 29.4. The van der Waals surface area contributed by atoms with Gasteiger partial charge in [0.05, 0.1) is 23.3 Å². The fourth-order valence-corrected chi connectivity index (χ4v) is 3.44. The molecule has 0 saturated heterocycles. The highest BCUT2D eigenvalue weighted by Gasteiger charge is 2.48. The summed E-state index contributed by atoms with van der Waals surface area (Å²) in [4.78, 5) is 11.6. The number of oxime groups is 1. The van der Waals surface area contributed by atoms with Gasteiger partial charge in [-0.3, -0.25) is 4.79 Å². The van der Waals surface area contributed by atoms with Crippen LogP contribution in [0.4, 0.5) is 0 Å². The summed E-state index contributed by atoms with van der Waals surface area (Å²) in [5.41, 5.74) is 4.25. The maximum Gasteiger partial charge on any atom is 0.229 e. The highest BCUT2D eigenvalue weighted by molar-refractivity contribution is 7.88. The molecule has 0 aliphatic heterocycles. The van der Waals surface area contributed by atoms with E-state index < -0.39 is 27.4 Å². The molecular weight excluding hydrogens is 282 g/mol. The summed E-state index contributed by atoms with van der Waals surface area (Å²) < 4.78 is 24.7. The van der Waals surface area contributed by atoms with E-state index in [-0.39, 0.29) is 18.0 Å². The van der Waals surface area contributed by atoms with Gasteiger partial charge in [0.25, 0.3) is 0 Å². The molecule has 4 N–H and O–H groups in total. The third kappa shape index (κ3) is 3.12. The summed E-state index contributed by atoms with van der Waals surface area (Å²) in [6.07, 6.45) is 1.94. The molecule has 18 heavy (non-hydrogen) atoms. The summed E-state index contributed by atoms with van der Waals surface area (Å²) in [5.74, 6) is -0.792. The van der Waals surface area contributed by atoms with Crippen LogP contribution in [0.15, 0.2) is 5.16 Å². The number of alkyl halides is 1. The van der Waals surface area contributed by atoms with Crippen LogP contribution in [0, 0.1) is 5.41 Å². The van der Waals surface area contributed by atoms with Gasteiger partial charge in [0.1, 0.15) is 0 Å². The number of hydrogen-bond donors (Lipinski definition) is 3. The Morgan fingerprint density at radius 3 is 2.67 bits per heavy atom. The molecule has 2 atom stereocenters. The highest BCUT2D eigenvalue weighted by Crippen LogP contribution is 2.40. The van der Waals surface area contributed by atoms with Crippen LogP contribution < -0.4 is 10.5 Å². The molecule has 0 aromatic heterocycles. The van der Waals surface area contributed by atoms with Gasteiger partial charge in [0.2, 0.25) is 15.9 Å². The third-order valence-corrected chi connectivity index (χ3v) is 4.18. The van der Waals surface area contributed by atoms with E-state index in [0.717, 1.165) is 6.26 Å². The van der Waals surface area contributed by atoms with Crippen LogP contribution in [0.3, 0.4) is 0 Å². The molecule has 1 saturated carbocycles. The van der Waals surface area contributed by atoms with E-state index in [1.807, 2.05) is 0 Å². The van der Waals surface area contributed by atoms with E-state index in [4.69, 9.17) is 22.5 Å². The first-order chi connectivity index (χ1) is 8.25. The molecule has 1 aliphatic rings. The van der Waals surface area contributed by atoms with Gasteiger partial charge in [0, 0.05) is 6.04 Å². The van der Waals surface area contributed by atoms with Gasteiger partial charge in [-0.05, 0) is 19.3 Å². The Kier molecular flexibility index (Phi) is 4.57. The standard InChI is InChI=1S/C9H16ClN3O4S/c1-18(16,17)13-6-2-3-9(4-6,8(11)14)7(5-10)12-15/h6,13,15H,2-5H2,1H3,(H2,11,14)/b12-7+. The van der Waals surface area contributed by atoms with Crippen molar-refractivity contribution < 1.29 is 18.4 Å². The van der Waals surface area contributed by atoms with Crippen LogP contribution in [-0.4, -0.2) is 43.4 Å². The van der Waals surface area contributed by atoms with Crippen molar-refractivity contribution in [3.63, 3.8) is 0 Å². The van der Waals surface area contributed by atoms with Crippen LogP contribution in [0.1, 0.15) is 19.3 Å². The fraction of sp³-hybridized carbons (Fsp3) is 0.778. The van der Waals surface area contributed by atoms with Gasteiger partial charge in [-0.2, -0.15) is 0 Å². The van der Waals surface area contributed by atoms with Gasteiger partial charge >= 0.3 is 0 Å². The molecule has 1 aliphatic carbocycles. The molecule has 9 heteroatoms. The lowest BCUT2D eigenvalue weighted by atomic mass is 9.80. The van der Waals surface area contributed by atoms with Gasteiger partial charge in [-0.25, -0.2) is 13.1 Å². The molecule has 0 aromatic rings. The molecule has 0 bridgehead atoms. The van der Waals surface area contributed by atoms with Crippen molar-refractivity contribution in [3.05, 3.63) is 0 Å². The zero-order chi connectivity index (χ0) is 14.0. The molecule has 0 heterocycles. The second-order valence-corrected chi connectivity index (χ2v) is 6.50. The number of carbonyl (C=O) groups excluding carboxylic acids is 1. The molecule has 0 aromatic carbocycles. The monoisotopic (exact) mass is 297 g/mol. The van der Waals surface area contributed by atoms with E-state index >= 15 is 0 Å². The van der Waals surface area contributed by atoms with Crippen LogP contribution in [0.25, 0.3) is 0 Å². The van der Waals surface area contributed by atoms with Crippen molar-refractivity contribution in [1.82, 2.24) is 4.72 Å². The largest absolute Gasteiger partial charge is 0.411 e. The molecule has 1 fully saturated rings. The lowest BCUT2D eigenvalue weighted by Gasteiger charge is -2.25. The summed E-state index contributed by atoms with van der Waals surface area (Å²) >= 11 is 5.62. The molecule has 0 radical (unpaired) electrons. The number of nitrogens with zero attached hydrogens (tertiary/aromatic N) is 1. The summed E-state index contributed by atoms with van der Waals surface area (Å²) in [5, 5.41) is 11.9. The van der Waals surface area contributed by atoms with Gasteiger partial charge in [0.15, 0.2) is 0 Å². The first kappa shape index (κ1) is 15.2. The van der Waals surface area contributed by atoms with Gasteiger partial charge in [-0.15, -0.1) is 11.6 Å². The van der Waals surface area contributed by atoms with Crippen LogP contribution in [0.5, 0.6) is 0 Å². The van der Waals surface area contributed by atoms with Crippen LogP contribution in [-0.2, 0) is 14.8 Å². The second kappa shape index (κ2) is 5.41. The van der Waals surface area contributed by atoms with Crippen molar-refractivity contribution in [2.45, 2.75) is 25.3 Å². The number of nitrogens with one attached hydrogen (secondary N) is 1. The first-order valence-electron chi connectivity index (χ1n) is 5.30. The molecule has 0 spiro atoms. The zero-order valence-corrected chi connectivity index (χ0v) is 11.5. The van der Waals surface area contributed by atoms with Crippen molar-refractivity contribution in [3.8, 4) is 0 Å². The molecular formula is C9H16ClN3O4S. The van der Waals surface area contributed by atoms with E-state index in [1.54, 1.807) is 0 Å². The van der Waals surface area contributed by atoms with Crippen molar-refractivity contribution in [1.29, 1.82) is 0 Å². The molecule has 1 amide bonds. The molecule has 1 rings (SSSR count). The maximum atomic E-state index is 11.6. The average Bonchev–Trinajstić information content (AvgIpc) is 2.62. The quantitative estimate of drug-likeness (QED) is 0.277. The Morgan fingerprint density at radius 1 is 1.67 bits per heavy atom. The summed E-state index contributed by atoms with van der Waals surface area (Å²) in [7, 11) is -3.36. The van der Waals surface area contributed by atoms with E-state index in [1.165, 1.54) is 0 Å². The number of nitrogens with two attached hydrogens (primary N) is 1. The predicted octanol–water partition coefficient (Wildman–Crippen LogP) is -0.371.